The Morgan fingerprint density at radius 2 is 1.12 bits per heavy atom. The molecular weight excluding hydrogens is 462 g/mol. The molecule has 6 rings (SSSR count). The molecule has 0 unspecified atom stereocenters. The normalized spacial score (nSPS) is 11.3. The standard InChI is InChI=1S/C27H16BrN3O/c28-22-13-7-12-20-21-16-19(14-15-23(21)32-24(20)22)27-30-25(17-8-3-1-4-9-17)29-26(31-27)18-10-5-2-6-11-18/h1-16H. The van der Waals surface area contributed by atoms with Crippen LogP contribution in [0.4, 0.5) is 0 Å². The van der Waals surface area contributed by atoms with Crippen LogP contribution in [0, 0.1) is 0 Å². The van der Waals surface area contributed by atoms with Crippen LogP contribution in [0.5, 0.6) is 0 Å². The fourth-order valence-corrected chi connectivity index (χ4v) is 4.29. The van der Waals surface area contributed by atoms with Crippen molar-refractivity contribution in [2.75, 3.05) is 0 Å². The molecule has 0 saturated carbocycles. The van der Waals surface area contributed by atoms with E-state index in [0.717, 1.165) is 43.1 Å². The third kappa shape index (κ3) is 3.27. The van der Waals surface area contributed by atoms with Crippen LogP contribution in [0.3, 0.4) is 0 Å². The molecule has 0 aliphatic carbocycles. The number of fused-ring (bicyclic) bond motifs is 3. The summed E-state index contributed by atoms with van der Waals surface area (Å²) in [5, 5.41) is 2.08. The van der Waals surface area contributed by atoms with E-state index in [4.69, 9.17) is 19.4 Å². The van der Waals surface area contributed by atoms with Crippen molar-refractivity contribution in [3.05, 3.63) is 102 Å². The van der Waals surface area contributed by atoms with Gasteiger partial charge in [0.15, 0.2) is 17.5 Å². The molecule has 0 bridgehead atoms. The summed E-state index contributed by atoms with van der Waals surface area (Å²) in [6.07, 6.45) is 0. The molecule has 5 heteroatoms. The number of halogens is 1. The number of hydrogen-bond donors (Lipinski definition) is 0. The Morgan fingerprint density at radius 1 is 0.531 bits per heavy atom. The monoisotopic (exact) mass is 477 g/mol. The third-order valence-electron chi connectivity index (χ3n) is 5.41. The summed E-state index contributed by atoms with van der Waals surface area (Å²) >= 11 is 3.58. The minimum Gasteiger partial charge on any atom is -0.455 e. The smallest absolute Gasteiger partial charge is 0.164 e. The van der Waals surface area contributed by atoms with Gasteiger partial charge in [-0.15, -0.1) is 0 Å². The molecular formula is C27H16BrN3O. The molecule has 0 radical (unpaired) electrons. The Kier molecular flexibility index (Phi) is 4.55. The van der Waals surface area contributed by atoms with E-state index in [9.17, 15) is 0 Å². The Balaban J connectivity index is 1.58. The second-order valence-electron chi connectivity index (χ2n) is 7.47. The Hall–Kier alpha value is -3.83. The van der Waals surface area contributed by atoms with Crippen LogP contribution < -0.4 is 0 Å². The zero-order valence-electron chi connectivity index (χ0n) is 16.9. The highest BCUT2D eigenvalue weighted by Gasteiger charge is 2.15. The number of para-hydroxylation sites is 1. The van der Waals surface area contributed by atoms with E-state index in [2.05, 4.69) is 28.1 Å². The lowest BCUT2D eigenvalue weighted by Gasteiger charge is -2.08. The number of hydrogen-bond acceptors (Lipinski definition) is 4. The average Bonchev–Trinajstić information content (AvgIpc) is 3.24. The van der Waals surface area contributed by atoms with Crippen molar-refractivity contribution in [2.24, 2.45) is 0 Å². The largest absolute Gasteiger partial charge is 0.455 e. The Bertz CT molecular complexity index is 1520. The van der Waals surface area contributed by atoms with Crippen molar-refractivity contribution in [1.29, 1.82) is 0 Å². The van der Waals surface area contributed by atoms with Gasteiger partial charge in [0.2, 0.25) is 0 Å². The van der Waals surface area contributed by atoms with Gasteiger partial charge in [-0.1, -0.05) is 72.8 Å². The first-order valence-electron chi connectivity index (χ1n) is 10.2. The number of benzene rings is 4. The molecule has 0 amide bonds. The highest BCUT2D eigenvalue weighted by molar-refractivity contribution is 9.10. The molecule has 32 heavy (non-hydrogen) atoms. The van der Waals surface area contributed by atoms with Crippen LogP contribution in [-0.2, 0) is 0 Å². The lowest BCUT2D eigenvalue weighted by molar-refractivity contribution is 0.667. The zero-order chi connectivity index (χ0) is 21.5. The van der Waals surface area contributed by atoms with Gasteiger partial charge in [-0.25, -0.2) is 15.0 Å². The van der Waals surface area contributed by atoms with Crippen LogP contribution >= 0.6 is 15.9 Å². The molecule has 0 N–H and O–H groups in total. The van der Waals surface area contributed by atoms with Gasteiger partial charge in [0, 0.05) is 27.5 Å². The van der Waals surface area contributed by atoms with Gasteiger partial charge in [-0.2, -0.15) is 0 Å². The molecule has 0 atom stereocenters. The summed E-state index contributed by atoms with van der Waals surface area (Å²) in [6.45, 7) is 0. The van der Waals surface area contributed by atoms with Gasteiger partial charge in [0.1, 0.15) is 11.2 Å². The molecule has 0 aliphatic rings. The number of aromatic nitrogens is 3. The maximum Gasteiger partial charge on any atom is 0.164 e. The van der Waals surface area contributed by atoms with Gasteiger partial charge in [-0.05, 0) is 40.2 Å². The van der Waals surface area contributed by atoms with Gasteiger partial charge < -0.3 is 4.42 Å². The maximum absolute atomic E-state index is 6.06. The van der Waals surface area contributed by atoms with Crippen LogP contribution in [-0.4, -0.2) is 15.0 Å². The molecule has 0 fully saturated rings. The van der Waals surface area contributed by atoms with E-state index in [1.165, 1.54) is 0 Å². The number of furan rings is 1. The van der Waals surface area contributed by atoms with Crippen LogP contribution in [0.15, 0.2) is 106 Å². The number of nitrogens with zero attached hydrogens (tertiary/aromatic N) is 3. The fraction of sp³-hybridized carbons (Fsp3) is 0. The minimum atomic E-state index is 0.629. The molecule has 0 saturated heterocycles. The number of rotatable bonds is 3. The van der Waals surface area contributed by atoms with Crippen molar-refractivity contribution in [1.82, 2.24) is 15.0 Å². The second kappa shape index (κ2) is 7.70. The summed E-state index contributed by atoms with van der Waals surface area (Å²) in [5.41, 5.74) is 4.48. The van der Waals surface area contributed by atoms with Crippen LogP contribution in [0.1, 0.15) is 0 Å². The fourth-order valence-electron chi connectivity index (χ4n) is 3.84. The lowest BCUT2D eigenvalue weighted by atomic mass is 10.1. The maximum atomic E-state index is 6.06. The molecule has 0 aliphatic heterocycles. The first-order chi connectivity index (χ1) is 15.8. The summed E-state index contributed by atoms with van der Waals surface area (Å²) in [6, 6.07) is 32.1. The van der Waals surface area contributed by atoms with Crippen LogP contribution in [0.25, 0.3) is 56.1 Å². The Morgan fingerprint density at radius 3 is 1.75 bits per heavy atom. The highest BCUT2D eigenvalue weighted by Crippen LogP contribution is 2.35. The predicted octanol–water partition coefficient (Wildman–Crippen LogP) is 7.53. The van der Waals surface area contributed by atoms with E-state index < -0.39 is 0 Å². The molecule has 4 nitrogen and oxygen atoms in total. The van der Waals surface area contributed by atoms with E-state index in [1.54, 1.807) is 0 Å². The quantitative estimate of drug-likeness (QED) is 0.264. The topological polar surface area (TPSA) is 51.8 Å². The van der Waals surface area contributed by atoms with Crippen molar-refractivity contribution in [3.63, 3.8) is 0 Å². The highest BCUT2D eigenvalue weighted by atomic mass is 79.9. The molecule has 152 valence electrons. The van der Waals surface area contributed by atoms with Crippen molar-refractivity contribution >= 4 is 37.9 Å². The van der Waals surface area contributed by atoms with Gasteiger partial charge >= 0.3 is 0 Å². The lowest BCUT2D eigenvalue weighted by Crippen LogP contribution is -2.00. The van der Waals surface area contributed by atoms with E-state index in [0.29, 0.717) is 17.5 Å². The SMILES string of the molecule is Brc1cccc2c1oc1ccc(-c3nc(-c4ccccc4)nc(-c4ccccc4)n3)cc12. The molecule has 0 spiro atoms. The molecule has 2 heterocycles. The summed E-state index contributed by atoms with van der Waals surface area (Å²) in [4.78, 5) is 14.4. The second-order valence-corrected chi connectivity index (χ2v) is 8.32. The van der Waals surface area contributed by atoms with Gasteiger partial charge in [-0.3, -0.25) is 0 Å². The van der Waals surface area contributed by atoms with Gasteiger partial charge in [0.05, 0.1) is 4.47 Å². The third-order valence-corrected chi connectivity index (χ3v) is 6.03. The zero-order valence-corrected chi connectivity index (χ0v) is 18.5. The van der Waals surface area contributed by atoms with E-state index >= 15 is 0 Å². The summed E-state index contributed by atoms with van der Waals surface area (Å²) in [7, 11) is 0. The molecule has 4 aromatic carbocycles. The predicted molar refractivity (Wildman–Crippen MR) is 131 cm³/mol. The molecule has 6 aromatic rings. The van der Waals surface area contributed by atoms with Gasteiger partial charge in [0.25, 0.3) is 0 Å². The van der Waals surface area contributed by atoms with E-state index in [-0.39, 0.29) is 0 Å². The van der Waals surface area contributed by atoms with Crippen LogP contribution in [0.2, 0.25) is 0 Å². The van der Waals surface area contributed by atoms with Crippen molar-refractivity contribution in [2.45, 2.75) is 0 Å². The minimum absolute atomic E-state index is 0.629. The first kappa shape index (κ1) is 18.9. The summed E-state index contributed by atoms with van der Waals surface area (Å²) in [5.74, 6) is 1.92. The van der Waals surface area contributed by atoms with Crippen molar-refractivity contribution in [3.8, 4) is 34.2 Å². The average molecular weight is 478 g/mol. The first-order valence-corrected chi connectivity index (χ1v) is 11.0. The Labute approximate surface area is 192 Å². The molecule has 2 aromatic heterocycles. The van der Waals surface area contributed by atoms with E-state index in [1.807, 2.05) is 84.9 Å². The van der Waals surface area contributed by atoms with Crippen molar-refractivity contribution < 1.29 is 4.42 Å². The summed E-state index contributed by atoms with van der Waals surface area (Å²) < 4.78 is 7.00.